The van der Waals surface area contributed by atoms with E-state index in [2.05, 4.69) is 17.9 Å². The lowest BCUT2D eigenvalue weighted by molar-refractivity contribution is 0.263. The summed E-state index contributed by atoms with van der Waals surface area (Å²) in [5.41, 5.74) is 1.90. The van der Waals surface area contributed by atoms with Crippen LogP contribution in [0, 0.1) is 0 Å². The van der Waals surface area contributed by atoms with Crippen LogP contribution in [0.5, 0.6) is 11.5 Å². The third kappa shape index (κ3) is 1.91. The minimum Gasteiger partial charge on any atom is -0.507 e. The molecule has 0 spiro atoms. The lowest BCUT2D eigenvalue weighted by Gasteiger charge is -2.31. The summed E-state index contributed by atoms with van der Waals surface area (Å²) in [7, 11) is 2.00. The topological polar surface area (TPSA) is 43.7 Å². The Balaban J connectivity index is 2.46. The molecular weight excluding hydrogens is 202 g/mol. The molecule has 0 aromatic heterocycles. The van der Waals surface area contributed by atoms with Crippen LogP contribution in [-0.4, -0.2) is 28.7 Å². The molecule has 1 heterocycles. The molecule has 1 aromatic carbocycles. The summed E-state index contributed by atoms with van der Waals surface area (Å²) < 4.78 is 0. The van der Waals surface area contributed by atoms with Crippen LogP contribution in [0.15, 0.2) is 29.8 Å². The molecule has 1 aliphatic rings. The van der Waals surface area contributed by atoms with Gasteiger partial charge in [-0.25, -0.2) is 0 Å². The molecule has 0 saturated carbocycles. The summed E-state index contributed by atoms with van der Waals surface area (Å²) in [6, 6.07) is 4.84. The van der Waals surface area contributed by atoms with E-state index in [1.165, 1.54) is 5.57 Å². The van der Waals surface area contributed by atoms with Gasteiger partial charge in [-0.3, -0.25) is 4.90 Å². The molecule has 1 aliphatic heterocycles. The van der Waals surface area contributed by atoms with Gasteiger partial charge in [0.1, 0.15) is 11.5 Å². The smallest absolute Gasteiger partial charge is 0.124 e. The molecule has 1 unspecified atom stereocenters. The van der Waals surface area contributed by atoms with Gasteiger partial charge in [0.05, 0.1) is 11.6 Å². The number of likely N-dealkylation sites (N-methyl/N-ethyl adjacent to an activating group) is 1. The third-order valence-electron chi connectivity index (χ3n) is 3.13. The lowest BCUT2D eigenvalue weighted by atomic mass is 9.96. The highest BCUT2D eigenvalue weighted by Gasteiger charge is 2.24. The first-order chi connectivity index (χ1) is 7.59. The van der Waals surface area contributed by atoms with Gasteiger partial charge in [0.15, 0.2) is 0 Å². The fourth-order valence-electron chi connectivity index (χ4n) is 2.12. The normalized spacial score (nSPS) is 21.9. The van der Waals surface area contributed by atoms with Gasteiger partial charge in [-0.15, -0.1) is 0 Å². The second-order valence-corrected chi connectivity index (χ2v) is 4.40. The van der Waals surface area contributed by atoms with Gasteiger partial charge < -0.3 is 10.2 Å². The number of phenolic OH excluding ortho intramolecular Hbond substituents is 2. The van der Waals surface area contributed by atoms with Crippen molar-refractivity contribution in [2.75, 3.05) is 13.6 Å². The average molecular weight is 219 g/mol. The summed E-state index contributed by atoms with van der Waals surface area (Å²) in [4.78, 5) is 2.13. The SMILES string of the molecule is CC1=CC(c2c(O)cccc2O)N(C)CC1. The van der Waals surface area contributed by atoms with E-state index in [1.54, 1.807) is 18.2 Å². The van der Waals surface area contributed by atoms with E-state index in [9.17, 15) is 10.2 Å². The monoisotopic (exact) mass is 219 g/mol. The van der Waals surface area contributed by atoms with Crippen molar-refractivity contribution in [1.82, 2.24) is 4.90 Å². The molecule has 3 heteroatoms. The van der Waals surface area contributed by atoms with Gasteiger partial charge in [0.2, 0.25) is 0 Å². The van der Waals surface area contributed by atoms with Crippen LogP contribution < -0.4 is 0 Å². The molecule has 3 nitrogen and oxygen atoms in total. The van der Waals surface area contributed by atoms with Crippen molar-refractivity contribution in [3.05, 3.63) is 35.4 Å². The molecule has 0 bridgehead atoms. The van der Waals surface area contributed by atoms with Gasteiger partial charge in [0, 0.05) is 6.54 Å². The number of benzene rings is 1. The highest BCUT2D eigenvalue weighted by atomic mass is 16.3. The number of hydrogen-bond acceptors (Lipinski definition) is 3. The zero-order valence-corrected chi connectivity index (χ0v) is 9.64. The summed E-state index contributed by atoms with van der Waals surface area (Å²) in [5.74, 6) is 0.311. The van der Waals surface area contributed by atoms with E-state index in [0.717, 1.165) is 13.0 Å². The molecule has 1 aromatic rings. The van der Waals surface area contributed by atoms with E-state index in [1.807, 2.05) is 7.05 Å². The Morgan fingerprint density at radius 3 is 2.50 bits per heavy atom. The molecular formula is C13H17NO2. The highest BCUT2D eigenvalue weighted by Crippen LogP contribution is 2.38. The van der Waals surface area contributed by atoms with Crippen molar-refractivity contribution in [2.45, 2.75) is 19.4 Å². The number of hydrogen-bond donors (Lipinski definition) is 2. The second kappa shape index (κ2) is 4.18. The summed E-state index contributed by atoms with van der Waals surface area (Å²) in [5, 5.41) is 19.7. The Kier molecular flexibility index (Phi) is 2.88. The van der Waals surface area contributed by atoms with Crippen LogP contribution in [0.4, 0.5) is 0 Å². The highest BCUT2D eigenvalue weighted by molar-refractivity contribution is 5.47. The van der Waals surface area contributed by atoms with Gasteiger partial charge in [0.25, 0.3) is 0 Å². The molecule has 1 atom stereocenters. The van der Waals surface area contributed by atoms with Crippen LogP contribution in [-0.2, 0) is 0 Å². The van der Waals surface area contributed by atoms with E-state index in [-0.39, 0.29) is 17.5 Å². The standard InChI is InChI=1S/C13H17NO2/c1-9-6-7-14(2)10(8-9)13-11(15)4-3-5-12(13)16/h3-5,8,10,15-16H,6-7H2,1-2H3. The van der Waals surface area contributed by atoms with Crippen molar-refractivity contribution >= 4 is 0 Å². The van der Waals surface area contributed by atoms with Crippen LogP contribution in [0.25, 0.3) is 0 Å². The van der Waals surface area contributed by atoms with E-state index >= 15 is 0 Å². The Bertz CT molecular complexity index is 406. The van der Waals surface area contributed by atoms with Crippen molar-refractivity contribution in [3.63, 3.8) is 0 Å². The molecule has 86 valence electrons. The number of rotatable bonds is 1. The molecule has 2 rings (SSSR count). The van der Waals surface area contributed by atoms with Gasteiger partial charge >= 0.3 is 0 Å². The molecule has 2 N–H and O–H groups in total. The van der Waals surface area contributed by atoms with Crippen molar-refractivity contribution in [3.8, 4) is 11.5 Å². The first kappa shape index (κ1) is 11.0. The first-order valence-electron chi connectivity index (χ1n) is 5.48. The van der Waals surface area contributed by atoms with E-state index < -0.39 is 0 Å². The van der Waals surface area contributed by atoms with Gasteiger partial charge in [-0.2, -0.15) is 0 Å². The maximum absolute atomic E-state index is 9.83. The lowest BCUT2D eigenvalue weighted by Crippen LogP contribution is -2.28. The number of aromatic hydroxyl groups is 2. The van der Waals surface area contributed by atoms with Crippen LogP contribution in [0.2, 0.25) is 0 Å². The van der Waals surface area contributed by atoms with Crippen molar-refractivity contribution < 1.29 is 10.2 Å². The molecule has 0 aliphatic carbocycles. The van der Waals surface area contributed by atoms with E-state index in [0.29, 0.717) is 5.56 Å². The van der Waals surface area contributed by atoms with Crippen molar-refractivity contribution in [2.24, 2.45) is 0 Å². The third-order valence-corrected chi connectivity index (χ3v) is 3.13. The van der Waals surface area contributed by atoms with Gasteiger partial charge in [-0.1, -0.05) is 17.7 Å². The number of nitrogens with zero attached hydrogens (tertiary/aromatic N) is 1. The molecule has 0 radical (unpaired) electrons. The Labute approximate surface area is 95.6 Å². The Hall–Kier alpha value is -1.48. The predicted molar refractivity (Wildman–Crippen MR) is 63.5 cm³/mol. The quantitative estimate of drug-likeness (QED) is 0.713. The zero-order valence-electron chi connectivity index (χ0n) is 9.64. The average Bonchev–Trinajstić information content (AvgIpc) is 2.23. The Morgan fingerprint density at radius 2 is 1.88 bits per heavy atom. The first-order valence-corrected chi connectivity index (χ1v) is 5.48. The largest absolute Gasteiger partial charge is 0.507 e. The predicted octanol–water partition coefficient (Wildman–Crippen LogP) is 2.42. The molecule has 0 saturated heterocycles. The maximum atomic E-state index is 9.83. The summed E-state index contributed by atoms with van der Waals surface area (Å²) in [6.45, 7) is 3.03. The molecule has 0 amide bonds. The fourth-order valence-corrected chi connectivity index (χ4v) is 2.12. The van der Waals surface area contributed by atoms with Crippen LogP contribution >= 0.6 is 0 Å². The maximum Gasteiger partial charge on any atom is 0.124 e. The second-order valence-electron chi connectivity index (χ2n) is 4.40. The summed E-state index contributed by atoms with van der Waals surface area (Å²) in [6.07, 6.45) is 3.14. The summed E-state index contributed by atoms with van der Waals surface area (Å²) >= 11 is 0. The Morgan fingerprint density at radius 1 is 1.25 bits per heavy atom. The minimum atomic E-state index is -0.0325. The number of phenols is 2. The minimum absolute atomic E-state index is 0.0325. The molecule has 0 fully saturated rings. The zero-order chi connectivity index (χ0) is 11.7. The van der Waals surface area contributed by atoms with E-state index in [4.69, 9.17) is 0 Å². The molecule has 16 heavy (non-hydrogen) atoms. The van der Waals surface area contributed by atoms with Gasteiger partial charge in [-0.05, 0) is 32.5 Å². The van der Waals surface area contributed by atoms with Crippen LogP contribution in [0.3, 0.4) is 0 Å². The van der Waals surface area contributed by atoms with Crippen molar-refractivity contribution in [1.29, 1.82) is 0 Å². The van der Waals surface area contributed by atoms with Crippen LogP contribution in [0.1, 0.15) is 24.9 Å². The fraction of sp³-hybridized carbons (Fsp3) is 0.385.